The third-order valence-electron chi connectivity index (χ3n) is 3.68. The zero-order chi connectivity index (χ0) is 14.5. The number of likely N-dealkylation sites (tertiary alicyclic amines) is 1. The van der Waals surface area contributed by atoms with Crippen LogP contribution in [0.4, 0.5) is 0 Å². The van der Waals surface area contributed by atoms with Crippen molar-refractivity contribution in [2.24, 2.45) is 5.92 Å². The summed E-state index contributed by atoms with van der Waals surface area (Å²) in [5.41, 5.74) is 0.142. The minimum absolute atomic E-state index is 0.133. The quantitative estimate of drug-likeness (QED) is 0.870. The predicted octanol–water partition coefficient (Wildman–Crippen LogP) is 0.498. The second kappa shape index (κ2) is 6.65. The topological polar surface area (TPSA) is 75.4 Å². The maximum atomic E-state index is 12.3. The lowest BCUT2D eigenvalue weighted by atomic mass is 9.98. The van der Waals surface area contributed by atoms with Crippen LogP contribution in [0.25, 0.3) is 0 Å². The van der Waals surface area contributed by atoms with Crippen molar-refractivity contribution in [3.63, 3.8) is 0 Å². The normalized spacial score (nSPS) is 16.4. The van der Waals surface area contributed by atoms with Crippen LogP contribution in [0, 0.1) is 5.92 Å². The van der Waals surface area contributed by atoms with Crippen molar-refractivity contribution in [3.8, 4) is 0 Å². The van der Waals surface area contributed by atoms with Crippen molar-refractivity contribution < 1.29 is 9.90 Å². The Hall–Kier alpha value is -1.69. The maximum absolute atomic E-state index is 12.3. The van der Waals surface area contributed by atoms with Crippen LogP contribution in [0.15, 0.2) is 16.9 Å². The van der Waals surface area contributed by atoms with Crippen LogP contribution in [-0.4, -0.2) is 45.4 Å². The molecule has 0 spiro atoms. The number of aliphatic hydroxyl groups excluding tert-OH is 1. The van der Waals surface area contributed by atoms with Gasteiger partial charge in [0.2, 0.25) is 0 Å². The molecule has 1 N–H and O–H groups in total. The first-order valence-corrected chi connectivity index (χ1v) is 7.14. The van der Waals surface area contributed by atoms with Gasteiger partial charge in [-0.2, -0.15) is 5.10 Å². The van der Waals surface area contributed by atoms with Crippen LogP contribution >= 0.6 is 0 Å². The molecule has 0 saturated carbocycles. The maximum Gasteiger partial charge on any atom is 0.274 e. The third kappa shape index (κ3) is 3.25. The lowest BCUT2D eigenvalue weighted by Gasteiger charge is -2.30. The lowest BCUT2D eigenvalue weighted by molar-refractivity contribution is 0.0642. The van der Waals surface area contributed by atoms with E-state index in [0.29, 0.717) is 31.2 Å². The monoisotopic (exact) mass is 279 g/mol. The molecule has 0 radical (unpaired) electrons. The summed E-state index contributed by atoms with van der Waals surface area (Å²) in [5.74, 6) is 0.160. The first-order chi connectivity index (χ1) is 9.65. The molecule has 1 amide bonds. The molecule has 6 nitrogen and oxygen atoms in total. The predicted molar refractivity (Wildman–Crippen MR) is 74.5 cm³/mol. The van der Waals surface area contributed by atoms with Crippen molar-refractivity contribution in [1.82, 2.24) is 14.7 Å². The summed E-state index contributed by atoms with van der Waals surface area (Å²) in [7, 11) is 0. The number of carbonyl (C=O) groups is 1. The SMILES string of the molecule is CCCn1nc(C(=O)N2CCC(CO)CC2)ccc1=O. The number of nitrogens with zero attached hydrogens (tertiary/aromatic N) is 3. The summed E-state index contributed by atoms with van der Waals surface area (Å²) in [6, 6.07) is 2.89. The fourth-order valence-electron chi connectivity index (χ4n) is 2.42. The van der Waals surface area contributed by atoms with Gasteiger partial charge in [-0.25, -0.2) is 4.68 Å². The number of amides is 1. The molecule has 1 aromatic rings. The van der Waals surface area contributed by atoms with Gasteiger partial charge in [-0.15, -0.1) is 0 Å². The minimum Gasteiger partial charge on any atom is -0.396 e. The molecule has 1 saturated heterocycles. The molecular formula is C14H21N3O3. The summed E-state index contributed by atoms with van der Waals surface area (Å²) in [6.07, 6.45) is 2.43. The Bertz CT molecular complexity index is 519. The van der Waals surface area contributed by atoms with Crippen LogP contribution in [0.3, 0.4) is 0 Å². The first kappa shape index (κ1) is 14.7. The fourth-order valence-corrected chi connectivity index (χ4v) is 2.42. The van der Waals surface area contributed by atoms with Gasteiger partial charge in [-0.1, -0.05) is 6.92 Å². The van der Waals surface area contributed by atoms with Gasteiger partial charge >= 0.3 is 0 Å². The Morgan fingerprint density at radius 2 is 2.10 bits per heavy atom. The largest absolute Gasteiger partial charge is 0.396 e. The Morgan fingerprint density at radius 1 is 1.40 bits per heavy atom. The number of aryl methyl sites for hydroxylation is 1. The summed E-state index contributed by atoms with van der Waals surface area (Å²) in [5, 5.41) is 13.2. The Balaban J connectivity index is 2.09. The highest BCUT2D eigenvalue weighted by molar-refractivity contribution is 5.92. The van der Waals surface area contributed by atoms with E-state index in [2.05, 4.69) is 5.10 Å². The van der Waals surface area contributed by atoms with Gasteiger partial charge in [-0.05, 0) is 31.2 Å². The van der Waals surface area contributed by atoms with Crippen molar-refractivity contribution in [3.05, 3.63) is 28.2 Å². The minimum atomic E-state index is -0.178. The number of rotatable bonds is 4. The zero-order valence-electron chi connectivity index (χ0n) is 11.8. The Morgan fingerprint density at radius 3 is 2.70 bits per heavy atom. The Kier molecular flexibility index (Phi) is 4.89. The van der Waals surface area contributed by atoms with Crippen molar-refractivity contribution >= 4 is 5.91 Å². The zero-order valence-corrected chi connectivity index (χ0v) is 11.8. The molecule has 20 heavy (non-hydrogen) atoms. The van der Waals surface area contributed by atoms with Gasteiger partial charge in [0, 0.05) is 32.3 Å². The van der Waals surface area contributed by atoms with Gasteiger partial charge in [0.25, 0.3) is 11.5 Å². The van der Waals surface area contributed by atoms with E-state index >= 15 is 0 Å². The lowest BCUT2D eigenvalue weighted by Crippen LogP contribution is -2.40. The molecule has 1 aliphatic rings. The third-order valence-corrected chi connectivity index (χ3v) is 3.68. The number of aromatic nitrogens is 2. The van der Waals surface area contributed by atoms with E-state index in [1.54, 1.807) is 4.90 Å². The van der Waals surface area contributed by atoms with Crippen molar-refractivity contribution in [2.45, 2.75) is 32.7 Å². The van der Waals surface area contributed by atoms with E-state index in [-0.39, 0.29) is 18.1 Å². The molecule has 2 rings (SSSR count). The number of piperidine rings is 1. The van der Waals surface area contributed by atoms with Crippen LogP contribution in [-0.2, 0) is 6.54 Å². The molecule has 1 aromatic heterocycles. The molecule has 0 aliphatic carbocycles. The van der Waals surface area contributed by atoms with E-state index < -0.39 is 0 Å². The Labute approximate surface area is 118 Å². The number of carbonyl (C=O) groups excluding carboxylic acids is 1. The van der Waals surface area contributed by atoms with E-state index in [1.165, 1.54) is 16.8 Å². The standard InChI is InChI=1S/C14H21N3O3/c1-2-7-17-13(19)4-3-12(15-17)14(20)16-8-5-11(10-18)6-9-16/h3-4,11,18H,2,5-10H2,1H3. The molecule has 0 aromatic carbocycles. The molecule has 0 unspecified atom stereocenters. The van der Waals surface area contributed by atoms with Crippen molar-refractivity contribution in [2.75, 3.05) is 19.7 Å². The summed E-state index contributed by atoms with van der Waals surface area (Å²) >= 11 is 0. The van der Waals surface area contributed by atoms with Crippen LogP contribution in [0.1, 0.15) is 36.7 Å². The highest BCUT2D eigenvalue weighted by Crippen LogP contribution is 2.17. The summed E-state index contributed by atoms with van der Waals surface area (Å²) < 4.78 is 1.34. The van der Waals surface area contributed by atoms with Gasteiger partial charge < -0.3 is 10.0 Å². The summed E-state index contributed by atoms with van der Waals surface area (Å²) in [4.78, 5) is 25.7. The average molecular weight is 279 g/mol. The van der Waals surface area contributed by atoms with E-state index in [1.807, 2.05) is 6.92 Å². The van der Waals surface area contributed by atoms with E-state index in [9.17, 15) is 9.59 Å². The van der Waals surface area contributed by atoms with Gasteiger partial charge in [0.1, 0.15) is 5.69 Å². The number of hydrogen-bond donors (Lipinski definition) is 1. The van der Waals surface area contributed by atoms with Gasteiger partial charge in [0.05, 0.1) is 0 Å². The van der Waals surface area contributed by atoms with Gasteiger partial charge in [-0.3, -0.25) is 9.59 Å². The van der Waals surface area contributed by atoms with Crippen LogP contribution in [0.5, 0.6) is 0 Å². The summed E-state index contributed by atoms with van der Waals surface area (Å²) in [6.45, 7) is 3.94. The fraction of sp³-hybridized carbons (Fsp3) is 0.643. The van der Waals surface area contributed by atoms with Crippen molar-refractivity contribution in [1.29, 1.82) is 0 Å². The second-order valence-electron chi connectivity index (χ2n) is 5.20. The molecule has 1 aliphatic heterocycles. The average Bonchev–Trinajstić information content (AvgIpc) is 2.49. The molecule has 110 valence electrons. The van der Waals surface area contributed by atoms with Gasteiger partial charge in [0.15, 0.2) is 0 Å². The highest BCUT2D eigenvalue weighted by atomic mass is 16.3. The number of aliphatic hydroxyl groups is 1. The molecule has 2 heterocycles. The highest BCUT2D eigenvalue weighted by Gasteiger charge is 2.24. The van der Waals surface area contributed by atoms with Crippen LogP contribution < -0.4 is 5.56 Å². The van der Waals surface area contributed by atoms with E-state index in [0.717, 1.165) is 19.3 Å². The van der Waals surface area contributed by atoms with E-state index in [4.69, 9.17) is 5.11 Å². The molecular weight excluding hydrogens is 258 g/mol. The molecule has 0 bridgehead atoms. The molecule has 0 atom stereocenters. The second-order valence-corrected chi connectivity index (χ2v) is 5.20. The molecule has 6 heteroatoms. The number of hydrogen-bond acceptors (Lipinski definition) is 4. The molecule has 1 fully saturated rings. The first-order valence-electron chi connectivity index (χ1n) is 7.14. The van der Waals surface area contributed by atoms with Crippen LogP contribution in [0.2, 0.25) is 0 Å². The smallest absolute Gasteiger partial charge is 0.274 e.